The van der Waals surface area contributed by atoms with E-state index < -0.39 is 0 Å². The first kappa shape index (κ1) is 7.51. The van der Waals surface area contributed by atoms with Crippen LogP contribution in [0.3, 0.4) is 0 Å². The van der Waals surface area contributed by atoms with Gasteiger partial charge in [0.25, 0.3) is 0 Å². The van der Waals surface area contributed by atoms with Crippen LogP contribution in [0.1, 0.15) is 11.3 Å². The van der Waals surface area contributed by atoms with Crippen LogP contribution in [-0.2, 0) is 11.7 Å². The minimum Gasteiger partial charge on any atom is -0.241 e. The summed E-state index contributed by atoms with van der Waals surface area (Å²) in [5.74, 6) is 0. The third kappa shape index (κ3) is 1.69. The van der Waals surface area contributed by atoms with Gasteiger partial charge < -0.3 is 0 Å². The monoisotopic (exact) mass is 156 g/mol. The van der Waals surface area contributed by atoms with Gasteiger partial charge in [0, 0.05) is 5.69 Å². The van der Waals surface area contributed by atoms with Crippen LogP contribution >= 0.6 is 11.6 Å². The van der Waals surface area contributed by atoms with Crippen molar-refractivity contribution in [2.45, 2.75) is 13.5 Å². The molecule has 1 heterocycles. The minimum absolute atomic E-state index is 0.233. The molecule has 0 N–H and O–H groups in total. The third-order valence-corrected chi connectivity index (χ3v) is 1.34. The van der Waals surface area contributed by atoms with Crippen molar-refractivity contribution in [2.24, 2.45) is 0 Å². The first-order chi connectivity index (χ1) is 4.72. The summed E-state index contributed by atoms with van der Waals surface area (Å²) in [6.45, 7) is 1.58. The van der Waals surface area contributed by atoms with Gasteiger partial charge in [0.15, 0.2) is 0 Å². The van der Waals surface area contributed by atoms with E-state index in [1.54, 1.807) is 12.1 Å². The quantitative estimate of drug-likeness (QED) is 0.573. The molecule has 0 unspecified atom stereocenters. The summed E-state index contributed by atoms with van der Waals surface area (Å²) in [5, 5.41) is 10.7. The summed E-state index contributed by atoms with van der Waals surface area (Å²) in [6.07, 6.45) is 0. The fourth-order valence-corrected chi connectivity index (χ4v) is 1.05. The summed E-state index contributed by atoms with van der Waals surface area (Å²) >= 11 is 5.58. The summed E-state index contributed by atoms with van der Waals surface area (Å²) in [4.78, 5) is 3.91. The van der Waals surface area contributed by atoms with Crippen LogP contribution in [0.25, 0.3) is 0 Å². The van der Waals surface area contributed by atoms with E-state index in [4.69, 9.17) is 11.6 Å². The van der Waals surface area contributed by atoms with Gasteiger partial charge in [-0.25, -0.2) is 10.1 Å². The molecule has 0 aliphatic rings. The number of hydrogen-bond donors (Lipinski definition) is 0. The van der Waals surface area contributed by atoms with Crippen LogP contribution in [0.4, 0.5) is 0 Å². The smallest absolute Gasteiger partial charge is 0.129 e. The summed E-state index contributed by atoms with van der Waals surface area (Å²) in [7, 11) is 0. The van der Waals surface area contributed by atoms with Crippen LogP contribution in [0.15, 0.2) is 12.1 Å². The van der Waals surface area contributed by atoms with Gasteiger partial charge in [-0.2, -0.15) is 0 Å². The van der Waals surface area contributed by atoms with Gasteiger partial charge in [0.1, 0.15) is 11.8 Å². The highest BCUT2D eigenvalue weighted by molar-refractivity contribution is 6.29. The maximum absolute atomic E-state index is 10.3. The Bertz CT molecular complexity index is 217. The Morgan fingerprint density at radius 2 is 2.30 bits per heavy atom. The molecule has 0 aliphatic heterocycles. The summed E-state index contributed by atoms with van der Waals surface area (Å²) < 4.78 is 0. The van der Waals surface area contributed by atoms with Gasteiger partial charge in [-0.1, -0.05) is 11.6 Å². The molecule has 1 aromatic heterocycles. The molecular formula is C7H7ClNO. The first-order valence-corrected chi connectivity index (χ1v) is 3.31. The maximum Gasteiger partial charge on any atom is 0.129 e. The molecule has 0 fully saturated rings. The highest BCUT2D eigenvalue weighted by atomic mass is 35.5. The second-order valence-corrected chi connectivity index (χ2v) is 2.47. The lowest BCUT2D eigenvalue weighted by Crippen LogP contribution is -1.87. The standard InChI is InChI=1S/C7H7ClNO/c1-5-2-6(4-10)3-7(8)9-5/h2-3H,4H2,1H3. The van der Waals surface area contributed by atoms with E-state index in [1.165, 1.54) is 0 Å². The van der Waals surface area contributed by atoms with Gasteiger partial charge in [-0.3, -0.25) is 0 Å². The fourth-order valence-electron chi connectivity index (χ4n) is 0.779. The molecule has 0 aliphatic carbocycles. The van der Waals surface area contributed by atoms with Crippen molar-refractivity contribution < 1.29 is 5.11 Å². The van der Waals surface area contributed by atoms with Crippen molar-refractivity contribution >= 4 is 11.6 Å². The summed E-state index contributed by atoms with van der Waals surface area (Å²) in [6, 6.07) is 3.32. The second-order valence-electron chi connectivity index (χ2n) is 2.08. The van der Waals surface area contributed by atoms with Gasteiger partial charge in [0.2, 0.25) is 0 Å². The number of nitrogens with zero attached hydrogens (tertiary/aromatic N) is 1. The fraction of sp³-hybridized carbons (Fsp3) is 0.286. The third-order valence-electron chi connectivity index (χ3n) is 1.15. The number of halogens is 1. The molecule has 1 aromatic rings. The second kappa shape index (κ2) is 2.99. The highest BCUT2D eigenvalue weighted by Gasteiger charge is 1.95. The van der Waals surface area contributed by atoms with Gasteiger partial charge in [0.05, 0.1) is 0 Å². The molecule has 3 heteroatoms. The molecule has 0 amide bonds. The summed E-state index contributed by atoms with van der Waals surface area (Å²) in [5.41, 5.74) is 1.48. The van der Waals surface area contributed by atoms with Crippen molar-refractivity contribution in [3.63, 3.8) is 0 Å². The lowest BCUT2D eigenvalue weighted by molar-refractivity contribution is 0.177. The number of aromatic nitrogens is 1. The largest absolute Gasteiger partial charge is 0.241 e. The average Bonchev–Trinajstić information content (AvgIpc) is 1.85. The number of hydrogen-bond acceptors (Lipinski definition) is 1. The Labute approximate surface area is 64.5 Å². The van der Waals surface area contributed by atoms with Crippen molar-refractivity contribution in [2.75, 3.05) is 0 Å². The van der Waals surface area contributed by atoms with Crippen molar-refractivity contribution in [3.05, 3.63) is 28.5 Å². The Morgan fingerprint density at radius 3 is 2.80 bits per heavy atom. The molecule has 1 radical (unpaired) electrons. The molecule has 0 saturated heterocycles. The lowest BCUT2D eigenvalue weighted by atomic mass is 10.2. The van der Waals surface area contributed by atoms with E-state index in [0.717, 1.165) is 5.69 Å². The highest BCUT2D eigenvalue weighted by Crippen LogP contribution is 2.09. The molecule has 1 rings (SSSR count). The van der Waals surface area contributed by atoms with E-state index >= 15 is 0 Å². The van der Waals surface area contributed by atoms with E-state index in [1.807, 2.05) is 6.92 Å². The van der Waals surface area contributed by atoms with Crippen LogP contribution < -0.4 is 0 Å². The molecule has 0 atom stereocenters. The molecule has 10 heavy (non-hydrogen) atoms. The van der Waals surface area contributed by atoms with E-state index in [9.17, 15) is 5.11 Å². The molecular weight excluding hydrogens is 150 g/mol. The molecule has 0 saturated carbocycles. The topological polar surface area (TPSA) is 32.8 Å². The Morgan fingerprint density at radius 1 is 1.60 bits per heavy atom. The van der Waals surface area contributed by atoms with Crippen LogP contribution in [0.5, 0.6) is 0 Å². The molecule has 0 aromatic carbocycles. The zero-order valence-corrected chi connectivity index (χ0v) is 6.35. The van der Waals surface area contributed by atoms with E-state index in [2.05, 4.69) is 4.98 Å². The zero-order valence-electron chi connectivity index (χ0n) is 5.60. The normalized spacial score (nSPS) is 9.90. The minimum atomic E-state index is -0.233. The van der Waals surface area contributed by atoms with Gasteiger partial charge in [-0.15, -0.1) is 0 Å². The van der Waals surface area contributed by atoms with Crippen molar-refractivity contribution in [1.29, 1.82) is 0 Å². The van der Waals surface area contributed by atoms with Gasteiger partial charge in [-0.05, 0) is 24.6 Å². The number of pyridine rings is 1. The lowest BCUT2D eigenvalue weighted by Gasteiger charge is -1.96. The molecule has 0 spiro atoms. The average molecular weight is 157 g/mol. The van der Waals surface area contributed by atoms with E-state index in [0.29, 0.717) is 10.7 Å². The molecule has 53 valence electrons. The van der Waals surface area contributed by atoms with E-state index in [-0.39, 0.29) is 6.61 Å². The maximum atomic E-state index is 10.3. The Hall–Kier alpha value is -0.600. The molecule has 0 bridgehead atoms. The van der Waals surface area contributed by atoms with Crippen molar-refractivity contribution in [1.82, 2.24) is 4.98 Å². The first-order valence-electron chi connectivity index (χ1n) is 2.93. The molecule has 2 nitrogen and oxygen atoms in total. The number of rotatable bonds is 1. The predicted molar refractivity (Wildman–Crippen MR) is 38.4 cm³/mol. The van der Waals surface area contributed by atoms with Crippen LogP contribution in [-0.4, -0.2) is 4.98 Å². The Balaban J connectivity index is 3.06. The SMILES string of the molecule is Cc1cc(C[O])cc(Cl)n1. The zero-order chi connectivity index (χ0) is 7.56. The van der Waals surface area contributed by atoms with Crippen LogP contribution in [0, 0.1) is 6.92 Å². The number of aryl methyl sites for hydroxylation is 1. The Kier molecular flexibility index (Phi) is 2.25. The predicted octanol–water partition coefficient (Wildman–Crippen LogP) is 1.97. The van der Waals surface area contributed by atoms with Crippen molar-refractivity contribution in [3.8, 4) is 0 Å². The van der Waals surface area contributed by atoms with Gasteiger partial charge >= 0.3 is 0 Å². The van der Waals surface area contributed by atoms with Crippen LogP contribution in [0.2, 0.25) is 5.15 Å².